The predicted octanol–water partition coefficient (Wildman–Crippen LogP) is 1.32. The number of nitrogens with one attached hydrogen (secondary N) is 1. The molecule has 1 saturated heterocycles. The van der Waals surface area contributed by atoms with Gasteiger partial charge in [-0.2, -0.15) is 0 Å². The number of nitrogens with zero attached hydrogens (tertiary/aromatic N) is 1. The van der Waals surface area contributed by atoms with Gasteiger partial charge < -0.3 is 19.9 Å². The molecule has 0 spiro atoms. The Labute approximate surface area is 173 Å². The van der Waals surface area contributed by atoms with Crippen LogP contribution in [-0.4, -0.2) is 50.0 Å². The van der Waals surface area contributed by atoms with Gasteiger partial charge in [0.1, 0.15) is 5.54 Å². The smallest absolute Gasteiger partial charge is 0.325 e. The summed E-state index contributed by atoms with van der Waals surface area (Å²) >= 11 is 0. The van der Waals surface area contributed by atoms with Gasteiger partial charge in [0.05, 0.1) is 17.5 Å². The van der Waals surface area contributed by atoms with E-state index in [4.69, 9.17) is 9.47 Å². The van der Waals surface area contributed by atoms with Crippen molar-refractivity contribution in [2.45, 2.75) is 23.5 Å². The Bertz CT molecular complexity index is 1130. The fourth-order valence-electron chi connectivity index (χ4n) is 3.49. The molecule has 0 radical (unpaired) electrons. The number of benzene rings is 2. The summed E-state index contributed by atoms with van der Waals surface area (Å²) in [5.41, 5.74) is -0.457. The first kappa shape index (κ1) is 20.2. The lowest BCUT2D eigenvalue weighted by molar-refractivity contribution is -0.132. The van der Waals surface area contributed by atoms with Gasteiger partial charge in [-0.05, 0) is 42.3 Å². The number of β-amino-alcohol motifs (C(OH)–C–C–N with tert-alkyl or cyclic N) is 1. The lowest BCUT2D eigenvalue weighted by Crippen LogP contribution is -2.41. The van der Waals surface area contributed by atoms with E-state index in [9.17, 15) is 23.1 Å². The van der Waals surface area contributed by atoms with Gasteiger partial charge in [-0.15, -0.1) is 0 Å². The second-order valence-electron chi connectivity index (χ2n) is 7.40. The number of imide groups is 1. The third-order valence-corrected chi connectivity index (χ3v) is 6.40. The SMILES string of the molecule is C[C@@]1(c2ccc(S(C)(=O)=O)cc2)NC(=O)N(C[C@@H](O)c2ccc3c(c2)OCO3)C1=O. The number of urea groups is 1. The molecule has 10 heteroatoms. The van der Waals surface area contributed by atoms with Gasteiger partial charge in [0.2, 0.25) is 6.79 Å². The zero-order valence-corrected chi connectivity index (χ0v) is 17.1. The standard InChI is InChI=1S/C20H20N2O7S/c1-20(13-4-6-14(7-5-13)30(2,26)27)18(24)22(19(25)21-20)10-15(23)12-3-8-16-17(9-12)29-11-28-16/h3-9,15,23H,10-11H2,1-2H3,(H,21,25)/t15-,20+/m1/s1. The van der Waals surface area contributed by atoms with E-state index >= 15 is 0 Å². The third-order valence-electron chi connectivity index (χ3n) is 5.27. The van der Waals surface area contributed by atoms with Crippen LogP contribution in [0.5, 0.6) is 11.5 Å². The molecule has 4 rings (SSSR count). The molecular weight excluding hydrogens is 412 g/mol. The van der Waals surface area contributed by atoms with Crippen molar-refractivity contribution in [1.29, 1.82) is 0 Å². The number of aliphatic hydroxyl groups is 1. The Morgan fingerprint density at radius 1 is 1.13 bits per heavy atom. The quantitative estimate of drug-likeness (QED) is 0.683. The summed E-state index contributed by atoms with van der Waals surface area (Å²) in [6, 6.07) is 10.0. The van der Waals surface area contributed by atoms with E-state index in [2.05, 4.69) is 5.32 Å². The van der Waals surface area contributed by atoms with Crippen LogP contribution in [0.25, 0.3) is 0 Å². The fourth-order valence-corrected chi connectivity index (χ4v) is 4.12. The Kier molecular flexibility index (Phi) is 4.70. The van der Waals surface area contributed by atoms with Gasteiger partial charge in [-0.1, -0.05) is 18.2 Å². The number of carbonyl (C=O) groups excluding carboxylic acids is 2. The molecule has 2 aliphatic heterocycles. The minimum atomic E-state index is -3.38. The summed E-state index contributed by atoms with van der Waals surface area (Å²) in [7, 11) is -3.38. The van der Waals surface area contributed by atoms with Crippen LogP contribution in [0.15, 0.2) is 47.4 Å². The van der Waals surface area contributed by atoms with Crippen LogP contribution in [0.3, 0.4) is 0 Å². The summed E-state index contributed by atoms with van der Waals surface area (Å²) in [4.78, 5) is 26.6. The molecule has 3 amide bonds. The summed E-state index contributed by atoms with van der Waals surface area (Å²) < 4.78 is 33.8. The molecule has 0 saturated carbocycles. The molecule has 0 bridgehead atoms. The van der Waals surface area contributed by atoms with Crippen molar-refractivity contribution >= 4 is 21.8 Å². The Balaban J connectivity index is 1.55. The van der Waals surface area contributed by atoms with Crippen molar-refractivity contribution in [3.8, 4) is 11.5 Å². The minimum absolute atomic E-state index is 0.0956. The molecule has 2 heterocycles. The van der Waals surface area contributed by atoms with E-state index in [0.29, 0.717) is 22.6 Å². The van der Waals surface area contributed by atoms with Crippen LogP contribution in [0.2, 0.25) is 0 Å². The van der Waals surface area contributed by atoms with Crippen LogP contribution in [-0.2, 0) is 20.2 Å². The van der Waals surface area contributed by atoms with E-state index in [1.807, 2.05) is 0 Å². The van der Waals surface area contributed by atoms with Crippen molar-refractivity contribution in [2.24, 2.45) is 0 Å². The molecule has 2 aromatic carbocycles. The van der Waals surface area contributed by atoms with E-state index in [1.54, 1.807) is 18.2 Å². The van der Waals surface area contributed by atoms with Crippen LogP contribution >= 0.6 is 0 Å². The maximum atomic E-state index is 13.0. The summed E-state index contributed by atoms with van der Waals surface area (Å²) in [6.45, 7) is 1.38. The van der Waals surface area contributed by atoms with Crippen molar-refractivity contribution < 1.29 is 32.6 Å². The summed E-state index contributed by atoms with van der Waals surface area (Å²) in [5, 5.41) is 13.2. The predicted molar refractivity (Wildman–Crippen MR) is 105 cm³/mol. The molecular formula is C20H20N2O7S. The van der Waals surface area contributed by atoms with Crippen molar-refractivity contribution in [2.75, 3.05) is 19.6 Å². The number of rotatable bonds is 5. The van der Waals surface area contributed by atoms with Crippen LogP contribution in [0.4, 0.5) is 4.79 Å². The van der Waals surface area contributed by atoms with Crippen molar-refractivity contribution in [1.82, 2.24) is 10.2 Å². The monoisotopic (exact) mass is 432 g/mol. The number of ether oxygens (including phenoxy) is 2. The number of fused-ring (bicyclic) bond motifs is 1. The number of amides is 3. The molecule has 2 N–H and O–H groups in total. The zero-order chi connectivity index (χ0) is 21.7. The first-order valence-electron chi connectivity index (χ1n) is 9.12. The Hall–Kier alpha value is -3.11. The van der Waals surface area contributed by atoms with Crippen LogP contribution in [0, 0.1) is 0 Å². The summed E-state index contributed by atoms with van der Waals surface area (Å²) in [5.74, 6) is 0.505. The van der Waals surface area contributed by atoms with E-state index in [-0.39, 0.29) is 18.2 Å². The molecule has 0 unspecified atom stereocenters. The van der Waals surface area contributed by atoms with E-state index < -0.39 is 33.4 Å². The lowest BCUT2D eigenvalue weighted by atomic mass is 9.92. The van der Waals surface area contributed by atoms with Gasteiger partial charge in [-0.3, -0.25) is 9.69 Å². The third kappa shape index (κ3) is 3.37. The number of hydrogen-bond donors (Lipinski definition) is 2. The second kappa shape index (κ2) is 6.99. The first-order valence-corrected chi connectivity index (χ1v) is 11.0. The number of carbonyl (C=O) groups is 2. The van der Waals surface area contributed by atoms with Crippen LogP contribution < -0.4 is 14.8 Å². The highest BCUT2D eigenvalue weighted by molar-refractivity contribution is 7.90. The average Bonchev–Trinajstić information content (AvgIpc) is 3.25. The molecule has 158 valence electrons. The maximum Gasteiger partial charge on any atom is 0.325 e. The highest BCUT2D eigenvalue weighted by Gasteiger charge is 2.49. The minimum Gasteiger partial charge on any atom is -0.454 e. The Morgan fingerprint density at radius 3 is 2.47 bits per heavy atom. The topological polar surface area (TPSA) is 122 Å². The second-order valence-corrected chi connectivity index (χ2v) is 9.41. The number of sulfone groups is 1. The molecule has 0 aliphatic carbocycles. The van der Waals surface area contributed by atoms with Crippen molar-refractivity contribution in [3.63, 3.8) is 0 Å². The molecule has 2 aromatic rings. The molecule has 0 aromatic heterocycles. The van der Waals surface area contributed by atoms with Crippen LogP contribution in [0.1, 0.15) is 24.2 Å². The highest BCUT2D eigenvalue weighted by Crippen LogP contribution is 2.35. The largest absolute Gasteiger partial charge is 0.454 e. The van der Waals surface area contributed by atoms with Gasteiger partial charge >= 0.3 is 6.03 Å². The van der Waals surface area contributed by atoms with Crippen molar-refractivity contribution in [3.05, 3.63) is 53.6 Å². The average molecular weight is 432 g/mol. The summed E-state index contributed by atoms with van der Waals surface area (Å²) in [6.07, 6.45) is -0.0324. The first-order chi connectivity index (χ1) is 14.1. The highest BCUT2D eigenvalue weighted by atomic mass is 32.2. The van der Waals surface area contributed by atoms with Gasteiger partial charge in [0, 0.05) is 6.26 Å². The Morgan fingerprint density at radius 2 is 1.80 bits per heavy atom. The fraction of sp³-hybridized carbons (Fsp3) is 0.300. The van der Waals surface area contributed by atoms with Gasteiger partial charge in [0.25, 0.3) is 5.91 Å². The zero-order valence-electron chi connectivity index (χ0n) is 16.3. The molecule has 30 heavy (non-hydrogen) atoms. The number of aliphatic hydroxyl groups excluding tert-OH is 1. The normalized spacial score (nSPS) is 21.6. The molecule has 2 aliphatic rings. The van der Waals surface area contributed by atoms with E-state index in [1.165, 1.54) is 31.2 Å². The maximum absolute atomic E-state index is 13.0. The lowest BCUT2D eigenvalue weighted by Gasteiger charge is -2.23. The van der Waals surface area contributed by atoms with E-state index in [0.717, 1.165) is 11.2 Å². The van der Waals surface area contributed by atoms with Gasteiger partial charge in [-0.25, -0.2) is 13.2 Å². The number of hydrogen-bond acceptors (Lipinski definition) is 7. The molecule has 1 fully saturated rings. The molecule has 9 nitrogen and oxygen atoms in total. The molecule has 2 atom stereocenters. The van der Waals surface area contributed by atoms with Gasteiger partial charge in [0.15, 0.2) is 21.3 Å².